The minimum absolute atomic E-state index is 0. The van der Waals surface area contributed by atoms with E-state index in [0.717, 1.165) is 0 Å². The van der Waals surface area contributed by atoms with Gasteiger partial charge in [0.2, 0.25) is 0 Å². The smallest absolute Gasteiger partial charge is 0.0127 e. The summed E-state index contributed by atoms with van der Waals surface area (Å²) in [6.07, 6.45) is 0. The quantitative estimate of drug-likeness (QED) is 0.380. The zero-order valence-electron chi connectivity index (χ0n) is 2.03. The molecule has 0 aliphatic carbocycles. The van der Waals surface area contributed by atoms with E-state index in [-0.39, 0.29) is 9.90 Å². The van der Waals surface area contributed by atoms with Gasteiger partial charge in [0, 0.05) is 45.2 Å². The molecule has 0 atom stereocenters. The van der Waals surface area contributed by atoms with Crippen molar-refractivity contribution in [2.75, 3.05) is 0 Å². The molecule has 0 spiro atoms. The third-order valence-corrected chi connectivity index (χ3v) is 0. The van der Waals surface area contributed by atoms with Crippen LogP contribution >= 0.6 is 45.2 Å². The highest BCUT2D eigenvalue weighted by molar-refractivity contribution is 6.92. The first-order valence-corrected chi connectivity index (χ1v) is 1.52. The number of rotatable bonds is 0. The molecule has 0 rings (SSSR count). The Morgan fingerprint density at radius 1 is 1.00 bits per heavy atom. The van der Waals surface area contributed by atoms with Gasteiger partial charge >= 0.3 is 0 Å². The van der Waals surface area contributed by atoms with Crippen molar-refractivity contribution >= 4 is 45.2 Å². The molecule has 0 aliphatic heterocycles. The summed E-state index contributed by atoms with van der Waals surface area (Å²) in [5.74, 6) is 0. The first kappa shape index (κ1) is 9.54. The largest absolute Gasteiger partial charge is 0.0380 e. The monoisotopic (exact) mass is 150 g/mol. The summed E-state index contributed by atoms with van der Waals surface area (Å²) in [4.78, 5) is 0. The molecule has 5 heteroatoms. The number of halogens is 3. The van der Waals surface area contributed by atoms with Gasteiger partial charge in [0.25, 0.3) is 0 Å². The van der Waals surface area contributed by atoms with E-state index >= 15 is 0 Å². The molecular weight excluding hydrogens is 151 g/mol. The van der Waals surface area contributed by atoms with Crippen molar-refractivity contribution in [2.24, 2.45) is 0 Å². The maximum atomic E-state index is 4.64. The molecule has 0 aromatic carbocycles. The normalized spacial score (nSPS) is 7.20. The zero-order chi connectivity index (χ0) is 3.58. The lowest BCUT2D eigenvalue weighted by molar-refractivity contribution is 1.20. The van der Waals surface area contributed by atoms with Gasteiger partial charge in [-0.2, -0.15) is 0 Å². The number of nitrogens with zero attached hydrogens (tertiary/aromatic N) is 1. The van der Waals surface area contributed by atoms with Crippen LogP contribution in [0.4, 0.5) is 0 Å². The summed E-state index contributed by atoms with van der Waals surface area (Å²) in [6, 6.07) is 0. The summed E-state index contributed by atoms with van der Waals surface area (Å²) < 4.78 is 0.417. The minimum atomic E-state index is 0. The Bertz CT molecular complexity index is 11.6. The average molecular weight is 151 g/mol. The number of hydrogen-bond donors (Lipinski definition) is 0. The van der Waals surface area contributed by atoms with E-state index in [2.05, 4.69) is 35.3 Å². The minimum Gasteiger partial charge on any atom is -0.0380 e. The highest BCUT2D eigenvalue weighted by Gasteiger charge is 1.72. The maximum absolute atomic E-state index is 4.64. The van der Waals surface area contributed by atoms with Crippen molar-refractivity contribution in [3.05, 3.63) is 0 Å². The van der Waals surface area contributed by atoms with E-state index in [1.807, 2.05) is 0 Å². The Labute approximate surface area is 49.1 Å². The molecule has 31 valence electrons. The molecule has 0 unspecified atom stereocenters. The van der Waals surface area contributed by atoms with Crippen LogP contribution in [0.2, 0.25) is 0 Å². The molecule has 0 N–H and O–H groups in total. The topological polar surface area (TPSA) is 3.24 Å². The molecule has 0 amide bonds. The summed E-state index contributed by atoms with van der Waals surface area (Å²) in [5, 5.41) is 0. The summed E-state index contributed by atoms with van der Waals surface area (Å²) >= 11 is 13.9. The van der Waals surface area contributed by atoms with Crippen LogP contribution in [0, 0.1) is 0 Å². The standard InChI is InChI=1S/Cl3N.P/c1-4(2)3;. The van der Waals surface area contributed by atoms with Gasteiger partial charge in [0.15, 0.2) is 0 Å². The molecule has 0 aliphatic rings. The predicted molar refractivity (Wildman–Crippen MR) is 26.3 cm³/mol. The average Bonchev–Trinajstić information content (AvgIpc) is 0.811. The van der Waals surface area contributed by atoms with Crippen LogP contribution in [0.1, 0.15) is 0 Å². The SMILES string of the molecule is ClN(Cl)Cl.[P]. The van der Waals surface area contributed by atoms with Gasteiger partial charge in [-0.1, -0.05) is 0 Å². The Hall–Kier alpha value is 1.26. The lowest BCUT2D eigenvalue weighted by atomic mass is 13.9. The molecule has 5 heavy (non-hydrogen) atoms. The van der Waals surface area contributed by atoms with E-state index in [1.54, 1.807) is 0 Å². The number of hydrogen-bond acceptors (Lipinski definition) is 1. The van der Waals surface area contributed by atoms with E-state index in [0.29, 0.717) is 3.46 Å². The summed E-state index contributed by atoms with van der Waals surface area (Å²) in [5.41, 5.74) is 0. The van der Waals surface area contributed by atoms with E-state index in [4.69, 9.17) is 0 Å². The second-order valence-corrected chi connectivity index (χ2v) is 1.72. The molecule has 0 bridgehead atoms. The lowest BCUT2D eigenvalue weighted by Gasteiger charge is -1.74. The fraction of sp³-hybridized carbons (Fsp3) is 0. The van der Waals surface area contributed by atoms with Gasteiger partial charge < -0.3 is 0 Å². The van der Waals surface area contributed by atoms with Gasteiger partial charge in [0.05, 0.1) is 0 Å². The van der Waals surface area contributed by atoms with Crippen molar-refractivity contribution in [3.8, 4) is 0 Å². The highest BCUT2D eigenvalue weighted by atomic mass is 35.6. The highest BCUT2D eigenvalue weighted by Crippen LogP contribution is 1.99. The molecule has 0 aromatic rings. The Morgan fingerprint density at radius 2 is 1.00 bits per heavy atom. The van der Waals surface area contributed by atoms with Gasteiger partial charge in [-0.25, -0.2) is 0 Å². The molecule has 0 aromatic heterocycles. The van der Waals surface area contributed by atoms with Crippen LogP contribution in [-0.4, -0.2) is 3.46 Å². The van der Waals surface area contributed by atoms with E-state index in [1.165, 1.54) is 0 Å². The fourth-order valence-corrected chi connectivity index (χ4v) is 0. The van der Waals surface area contributed by atoms with Crippen LogP contribution in [0.15, 0.2) is 0 Å². The first-order chi connectivity index (χ1) is 1.73. The third kappa shape index (κ3) is 35.2. The molecule has 0 heterocycles. The van der Waals surface area contributed by atoms with E-state index < -0.39 is 0 Å². The van der Waals surface area contributed by atoms with Crippen LogP contribution in [0.3, 0.4) is 0 Å². The van der Waals surface area contributed by atoms with Gasteiger partial charge in [-0.3, -0.25) is 0 Å². The molecule has 1 nitrogen and oxygen atoms in total. The lowest BCUT2D eigenvalue weighted by Crippen LogP contribution is -1.62. The molecule has 0 saturated carbocycles. The molecule has 3 radical (unpaired) electrons. The summed E-state index contributed by atoms with van der Waals surface area (Å²) in [7, 11) is 0. The van der Waals surface area contributed by atoms with Crippen molar-refractivity contribution < 1.29 is 0 Å². The molecule has 0 saturated heterocycles. The molecular formula is Cl3NP. The maximum Gasteiger partial charge on any atom is 0.0127 e. The second kappa shape index (κ2) is 5.26. The predicted octanol–water partition coefficient (Wildman–Crippen LogP) is 2.61. The van der Waals surface area contributed by atoms with Crippen molar-refractivity contribution in [2.45, 2.75) is 0 Å². The zero-order valence-corrected chi connectivity index (χ0v) is 5.19. The first-order valence-electron chi connectivity index (χ1n) is 0.507. The van der Waals surface area contributed by atoms with Gasteiger partial charge in [-0.15, -0.1) is 0 Å². The van der Waals surface area contributed by atoms with Crippen LogP contribution in [0.25, 0.3) is 0 Å². The van der Waals surface area contributed by atoms with Crippen molar-refractivity contribution in [1.29, 1.82) is 0 Å². The Kier molecular flexibility index (Phi) is 10.0. The van der Waals surface area contributed by atoms with Crippen LogP contribution in [0.5, 0.6) is 0 Å². The van der Waals surface area contributed by atoms with E-state index in [9.17, 15) is 0 Å². The third-order valence-electron chi connectivity index (χ3n) is 0. The van der Waals surface area contributed by atoms with Crippen LogP contribution in [-0.2, 0) is 0 Å². The van der Waals surface area contributed by atoms with Crippen molar-refractivity contribution in [1.82, 2.24) is 3.46 Å². The second-order valence-electron chi connectivity index (χ2n) is 0.192. The summed E-state index contributed by atoms with van der Waals surface area (Å²) in [6.45, 7) is 0. The molecule has 0 fully saturated rings. The van der Waals surface area contributed by atoms with Crippen LogP contribution < -0.4 is 0 Å². The Balaban J connectivity index is 0. The van der Waals surface area contributed by atoms with Gasteiger partial charge in [-0.05, 0) is 3.46 Å². The Morgan fingerprint density at radius 3 is 1.00 bits per heavy atom. The fourth-order valence-electron chi connectivity index (χ4n) is 0. The van der Waals surface area contributed by atoms with Crippen molar-refractivity contribution in [3.63, 3.8) is 0 Å². The van der Waals surface area contributed by atoms with Gasteiger partial charge in [0.1, 0.15) is 0 Å².